The van der Waals surface area contributed by atoms with Crippen molar-refractivity contribution in [2.24, 2.45) is 11.8 Å². The molecule has 0 bridgehead atoms. The molecule has 4 heteroatoms. The highest BCUT2D eigenvalue weighted by atomic mass is 19.4. The van der Waals surface area contributed by atoms with Gasteiger partial charge in [-0.25, -0.2) is 0 Å². The summed E-state index contributed by atoms with van der Waals surface area (Å²) in [7, 11) is 1.88. The third-order valence-electron chi connectivity index (χ3n) is 3.74. The van der Waals surface area contributed by atoms with E-state index >= 15 is 0 Å². The van der Waals surface area contributed by atoms with Crippen LogP contribution >= 0.6 is 0 Å². The third kappa shape index (κ3) is 4.34. The highest BCUT2D eigenvalue weighted by Gasteiger charge is 2.42. The normalized spacial score (nSPS) is 27.8. The van der Waals surface area contributed by atoms with Crippen LogP contribution in [0.5, 0.6) is 0 Å². The van der Waals surface area contributed by atoms with Crippen molar-refractivity contribution in [3.63, 3.8) is 0 Å². The van der Waals surface area contributed by atoms with Crippen LogP contribution in [-0.2, 0) is 0 Å². The summed E-state index contributed by atoms with van der Waals surface area (Å²) in [5, 5.41) is 3.21. The second-order valence-electron chi connectivity index (χ2n) is 5.21. The Hall–Kier alpha value is -0.510. The number of rotatable bonds is 4. The molecule has 1 atom stereocenters. The molecule has 0 aliphatic heterocycles. The van der Waals surface area contributed by atoms with E-state index in [1.807, 2.05) is 14.0 Å². The standard InChI is InChI=1S/C13H22F3N/c1-9(2)8-12(17-3)10-4-6-11(7-5-10)13(14,15)16/h10-12,17H,1,4-8H2,2-3H3. The van der Waals surface area contributed by atoms with Crippen LogP contribution in [0.2, 0.25) is 0 Å². The van der Waals surface area contributed by atoms with Crippen LogP contribution in [0.1, 0.15) is 39.0 Å². The average molecular weight is 249 g/mol. The minimum Gasteiger partial charge on any atom is -0.316 e. The average Bonchev–Trinajstić information content (AvgIpc) is 2.24. The first-order valence-corrected chi connectivity index (χ1v) is 6.23. The van der Waals surface area contributed by atoms with Crippen molar-refractivity contribution in [1.29, 1.82) is 0 Å². The maximum absolute atomic E-state index is 12.5. The van der Waals surface area contributed by atoms with Crippen LogP contribution in [0.25, 0.3) is 0 Å². The van der Waals surface area contributed by atoms with Gasteiger partial charge < -0.3 is 5.32 Å². The Morgan fingerprint density at radius 1 is 1.29 bits per heavy atom. The van der Waals surface area contributed by atoms with Crippen molar-refractivity contribution in [1.82, 2.24) is 5.32 Å². The monoisotopic (exact) mass is 249 g/mol. The molecule has 0 amide bonds. The highest BCUT2D eigenvalue weighted by molar-refractivity contribution is 4.95. The largest absolute Gasteiger partial charge is 0.391 e. The van der Waals surface area contributed by atoms with Crippen LogP contribution in [0.4, 0.5) is 13.2 Å². The summed E-state index contributed by atoms with van der Waals surface area (Å²) in [6.45, 7) is 5.84. The van der Waals surface area contributed by atoms with Gasteiger partial charge in [-0.2, -0.15) is 13.2 Å². The lowest BCUT2D eigenvalue weighted by molar-refractivity contribution is -0.184. The van der Waals surface area contributed by atoms with Crippen LogP contribution in [0.15, 0.2) is 12.2 Å². The first-order valence-electron chi connectivity index (χ1n) is 6.23. The second-order valence-corrected chi connectivity index (χ2v) is 5.21. The molecule has 0 spiro atoms. The van der Waals surface area contributed by atoms with Crippen molar-refractivity contribution in [3.05, 3.63) is 12.2 Å². The zero-order valence-corrected chi connectivity index (χ0v) is 10.6. The van der Waals surface area contributed by atoms with Gasteiger partial charge in [0, 0.05) is 6.04 Å². The predicted octanol–water partition coefficient (Wildman–Crippen LogP) is 3.91. The van der Waals surface area contributed by atoms with Crippen LogP contribution in [-0.4, -0.2) is 19.3 Å². The van der Waals surface area contributed by atoms with Gasteiger partial charge in [-0.15, -0.1) is 6.58 Å². The lowest BCUT2D eigenvalue weighted by Gasteiger charge is -2.34. The van der Waals surface area contributed by atoms with Gasteiger partial charge in [-0.3, -0.25) is 0 Å². The van der Waals surface area contributed by atoms with Crippen LogP contribution in [0.3, 0.4) is 0 Å². The van der Waals surface area contributed by atoms with Gasteiger partial charge in [-0.05, 0) is 52.0 Å². The van der Waals surface area contributed by atoms with Crippen molar-refractivity contribution in [2.75, 3.05) is 7.05 Å². The topological polar surface area (TPSA) is 12.0 Å². The van der Waals surface area contributed by atoms with Gasteiger partial charge in [0.2, 0.25) is 0 Å². The van der Waals surface area contributed by atoms with E-state index in [1.165, 1.54) is 0 Å². The molecule has 1 nitrogen and oxygen atoms in total. The van der Waals surface area contributed by atoms with Gasteiger partial charge in [0.1, 0.15) is 0 Å². The van der Waals surface area contributed by atoms with E-state index in [1.54, 1.807) is 0 Å². The van der Waals surface area contributed by atoms with Gasteiger partial charge in [0.15, 0.2) is 0 Å². The summed E-state index contributed by atoms with van der Waals surface area (Å²) in [6, 6.07) is 0.279. The zero-order chi connectivity index (χ0) is 13.1. The Morgan fingerprint density at radius 2 is 1.82 bits per heavy atom. The minimum absolute atomic E-state index is 0.279. The molecule has 1 saturated carbocycles. The fourth-order valence-corrected chi connectivity index (χ4v) is 2.73. The minimum atomic E-state index is -4.01. The Labute approximate surface area is 101 Å². The fraction of sp³-hybridized carbons (Fsp3) is 0.846. The summed E-state index contributed by atoms with van der Waals surface area (Å²) in [5.74, 6) is -0.726. The van der Waals surface area contributed by atoms with Crippen molar-refractivity contribution in [3.8, 4) is 0 Å². The number of halogens is 3. The lowest BCUT2D eigenvalue weighted by atomic mass is 9.77. The number of alkyl halides is 3. The highest BCUT2D eigenvalue weighted by Crippen LogP contribution is 2.40. The molecule has 1 aliphatic rings. The smallest absolute Gasteiger partial charge is 0.316 e. The molecule has 1 rings (SSSR count). The molecule has 0 radical (unpaired) electrons. The number of hydrogen-bond donors (Lipinski definition) is 1. The van der Waals surface area contributed by atoms with Gasteiger partial charge in [-0.1, -0.05) is 5.57 Å². The molecule has 1 fully saturated rings. The maximum Gasteiger partial charge on any atom is 0.391 e. The van der Waals surface area contributed by atoms with E-state index in [4.69, 9.17) is 0 Å². The Kier molecular flexibility index (Phi) is 5.04. The summed E-state index contributed by atoms with van der Waals surface area (Å²) >= 11 is 0. The third-order valence-corrected chi connectivity index (χ3v) is 3.74. The molecule has 1 N–H and O–H groups in total. The van der Waals surface area contributed by atoms with Crippen LogP contribution < -0.4 is 5.32 Å². The molecule has 0 aromatic heterocycles. The first-order chi connectivity index (χ1) is 7.84. The Morgan fingerprint density at radius 3 is 2.18 bits per heavy atom. The zero-order valence-electron chi connectivity index (χ0n) is 10.6. The Bertz CT molecular complexity index is 252. The van der Waals surface area contributed by atoms with Gasteiger partial charge in [0.25, 0.3) is 0 Å². The van der Waals surface area contributed by atoms with Crippen LogP contribution in [0, 0.1) is 11.8 Å². The molecule has 0 aromatic carbocycles. The quantitative estimate of drug-likeness (QED) is 0.745. The molecule has 0 heterocycles. The molecular weight excluding hydrogens is 227 g/mol. The van der Waals surface area contributed by atoms with E-state index < -0.39 is 12.1 Å². The number of nitrogens with one attached hydrogen (secondary N) is 1. The van der Waals surface area contributed by atoms with E-state index in [0.717, 1.165) is 12.0 Å². The Balaban J connectivity index is 2.47. The molecular formula is C13H22F3N. The van der Waals surface area contributed by atoms with Crippen molar-refractivity contribution < 1.29 is 13.2 Å². The molecule has 1 unspecified atom stereocenters. The molecule has 100 valence electrons. The van der Waals surface area contributed by atoms with E-state index in [2.05, 4.69) is 11.9 Å². The molecule has 0 aromatic rings. The van der Waals surface area contributed by atoms with E-state index in [-0.39, 0.29) is 18.9 Å². The molecule has 1 aliphatic carbocycles. The summed E-state index contributed by atoms with van der Waals surface area (Å²) < 4.78 is 37.6. The van der Waals surface area contributed by atoms with Gasteiger partial charge >= 0.3 is 6.18 Å². The predicted molar refractivity (Wildman–Crippen MR) is 63.8 cm³/mol. The summed E-state index contributed by atoms with van der Waals surface area (Å²) in [4.78, 5) is 0. The second kappa shape index (κ2) is 5.89. The molecule has 0 saturated heterocycles. The first kappa shape index (κ1) is 14.6. The van der Waals surface area contributed by atoms with E-state index in [0.29, 0.717) is 18.8 Å². The van der Waals surface area contributed by atoms with E-state index in [9.17, 15) is 13.2 Å². The fourth-order valence-electron chi connectivity index (χ4n) is 2.73. The van der Waals surface area contributed by atoms with Crippen molar-refractivity contribution in [2.45, 2.75) is 51.2 Å². The number of hydrogen-bond acceptors (Lipinski definition) is 1. The van der Waals surface area contributed by atoms with Gasteiger partial charge in [0.05, 0.1) is 5.92 Å². The van der Waals surface area contributed by atoms with Crippen molar-refractivity contribution >= 4 is 0 Å². The summed E-state index contributed by atoms with van der Waals surface area (Å²) in [6.07, 6.45) is -1.25. The SMILES string of the molecule is C=C(C)CC(NC)C1CCC(C(F)(F)F)CC1. The molecule has 17 heavy (non-hydrogen) atoms. The lowest BCUT2D eigenvalue weighted by Crippen LogP contribution is -2.38. The summed E-state index contributed by atoms with van der Waals surface area (Å²) in [5.41, 5.74) is 1.09. The maximum atomic E-state index is 12.5.